The van der Waals surface area contributed by atoms with E-state index in [4.69, 9.17) is 39.6 Å². The average Bonchev–Trinajstić information content (AvgIpc) is 3.00. The Balaban J connectivity index is 1.07. The number of ether oxygens (including phenoxy) is 4. The molecular weight excluding hydrogens is 1070 g/mol. The molecule has 0 saturated carbocycles. The van der Waals surface area contributed by atoms with Gasteiger partial charge in [-0.2, -0.15) is 9.57 Å². The van der Waals surface area contributed by atoms with E-state index in [-0.39, 0.29) is 47.5 Å². The number of sulfonamides is 1. The molecule has 80 heavy (non-hydrogen) atoms. The van der Waals surface area contributed by atoms with Crippen LogP contribution in [0.5, 0.6) is 23.0 Å². The van der Waals surface area contributed by atoms with Gasteiger partial charge in [-0.25, -0.2) is 13.1 Å². The standard InChI is InChI=1S/C64H75ClN5O8PS/c1-41(2)70(42(3)4)79(76-33-17-30-66)77-35-32-69-44(6)62(9,10)53-38-55-59(40-57(53)69)78-58-39-56-52(37-54(58)63(55)51-29-24-48(65)36-60(51)80(71,72)67(63)11)61(7,8)43(5)68(56)31-34-75-64(45-18-15-14-16-19-45,46-20-25-49(73-12)26-21-46)47-22-27-50(74-13)28-23-47/h14-16,18-29,36-44H,17,31-35H2,1-13H3/t43?,44?,63-,79?/m1/s1. The number of methoxy groups -OCH3 is 2. The molecule has 0 saturated heterocycles. The number of nitriles is 1. The molecule has 13 nitrogen and oxygen atoms in total. The first kappa shape index (κ1) is 57.5. The summed E-state index contributed by atoms with van der Waals surface area (Å²) in [6.45, 7) is 24.1. The Labute approximate surface area is 480 Å². The van der Waals surface area contributed by atoms with E-state index in [1.54, 1.807) is 37.7 Å². The fraction of sp³-hybridized carbons (Fsp3) is 0.422. The van der Waals surface area contributed by atoms with Crippen molar-refractivity contribution in [3.8, 4) is 29.1 Å². The molecule has 16 heteroatoms. The Bertz CT molecular complexity index is 3370. The summed E-state index contributed by atoms with van der Waals surface area (Å²) in [5.41, 5.74) is 5.99. The van der Waals surface area contributed by atoms with Crippen LogP contribution in [0.3, 0.4) is 0 Å². The zero-order chi connectivity index (χ0) is 57.3. The molecule has 3 unspecified atom stereocenters. The Kier molecular flexibility index (Phi) is 15.7. The van der Waals surface area contributed by atoms with Crippen LogP contribution < -0.4 is 24.0 Å². The van der Waals surface area contributed by atoms with Crippen LogP contribution in [0.25, 0.3) is 0 Å². The summed E-state index contributed by atoms with van der Waals surface area (Å²) >= 11 is 6.69. The lowest BCUT2D eigenvalue weighted by atomic mass is 9.71. The highest BCUT2D eigenvalue weighted by Crippen LogP contribution is 2.63. The van der Waals surface area contributed by atoms with Crippen LogP contribution >= 0.6 is 20.1 Å². The van der Waals surface area contributed by atoms with E-state index >= 15 is 8.42 Å². The smallest absolute Gasteiger partial charge is 0.259 e. The molecule has 10 rings (SSSR count). The first-order valence-electron chi connectivity index (χ1n) is 27.7. The summed E-state index contributed by atoms with van der Waals surface area (Å²) in [4.78, 5) is 4.96. The Morgan fingerprint density at radius 1 is 0.675 bits per heavy atom. The van der Waals surface area contributed by atoms with Crippen molar-refractivity contribution in [2.75, 3.05) is 64.0 Å². The molecule has 0 bridgehead atoms. The van der Waals surface area contributed by atoms with E-state index in [2.05, 4.69) is 150 Å². The predicted octanol–water partition coefficient (Wildman–Crippen LogP) is 13.7. The molecule has 0 fully saturated rings. The second kappa shape index (κ2) is 21.9. The summed E-state index contributed by atoms with van der Waals surface area (Å²) in [6, 6.07) is 42.9. The number of anilines is 2. The molecule has 4 atom stereocenters. The quantitative estimate of drug-likeness (QED) is 0.0435. The number of halogens is 1. The summed E-state index contributed by atoms with van der Waals surface area (Å²) in [5.74, 6) is 2.62. The van der Waals surface area contributed by atoms with Crippen molar-refractivity contribution in [2.24, 2.45) is 0 Å². The molecule has 422 valence electrons. The van der Waals surface area contributed by atoms with Gasteiger partial charge in [0.05, 0.1) is 51.4 Å². The molecule has 0 aromatic heterocycles. The number of rotatable bonds is 19. The van der Waals surface area contributed by atoms with Crippen LogP contribution in [0.2, 0.25) is 5.02 Å². The maximum Gasteiger partial charge on any atom is 0.259 e. The van der Waals surface area contributed by atoms with E-state index in [0.29, 0.717) is 48.4 Å². The van der Waals surface area contributed by atoms with Crippen molar-refractivity contribution in [2.45, 2.75) is 127 Å². The number of benzene rings is 6. The highest BCUT2D eigenvalue weighted by atomic mass is 35.5. The lowest BCUT2D eigenvalue weighted by Crippen LogP contribution is -2.45. The largest absolute Gasteiger partial charge is 0.497 e. The zero-order valence-electron chi connectivity index (χ0n) is 48.3. The Hall–Kier alpha value is -5.72. The minimum absolute atomic E-state index is 0.0136. The molecular formula is C64H75ClN5O8PS. The van der Waals surface area contributed by atoms with E-state index < -0.39 is 35.1 Å². The van der Waals surface area contributed by atoms with Gasteiger partial charge in [0.2, 0.25) is 10.0 Å². The third-order valence-electron chi connectivity index (χ3n) is 17.7. The molecule has 4 aliphatic rings. The summed E-state index contributed by atoms with van der Waals surface area (Å²) in [5, 5.41) is 9.69. The van der Waals surface area contributed by atoms with Gasteiger partial charge in [0.15, 0.2) is 0 Å². The lowest BCUT2D eigenvalue weighted by Gasteiger charge is -2.42. The molecule has 0 N–H and O–H groups in total. The van der Waals surface area contributed by atoms with E-state index in [1.165, 1.54) is 0 Å². The van der Waals surface area contributed by atoms with Crippen molar-refractivity contribution < 1.29 is 36.4 Å². The summed E-state index contributed by atoms with van der Waals surface area (Å²) in [6.07, 6.45) is 0.277. The van der Waals surface area contributed by atoms with Crippen LogP contribution in [0.15, 0.2) is 126 Å². The van der Waals surface area contributed by atoms with E-state index in [9.17, 15) is 5.26 Å². The fourth-order valence-corrected chi connectivity index (χ4v) is 16.5. The minimum Gasteiger partial charge on any atom is -0.497 e. The number of fused-ring (bicyclic) bond motifs is 8. The van der Waals surface area contributed by atoms with Gasteiger partial charge in [-0.05, 0) is 118 Å². The number of hydrogen-bond donors (Lipinski definition) is 0. The Morgan fingerprint density at radius 3 is 1.65 bits per heavy atom. The van der Waals surface area contributed by atoms with Crippen LogP contribution in [0.4, 0.5) is 11.4 Å². The van der Waals surface area contributed by atoms with Gasteiger partial charge in [0.25, 0.3) is 8.53 Å². The summed E-state index contributed by atoms with van der Waals surface area (Å²) in [7, 11) is -0.512. The number of nitrogens with zero attached hydrogens (tertiary/aromatic N) is 5. The van der Waals surface area contributed by atoms with Crippen LogP contribution in [0.1, 0.15) is 120 Å². The molecule has 4 heterocycles. The first-order valence-corrected chi connectivity index (χ1v) is 30.6. The maximum atomic E-state index is 15.1. The monoisotopic (exact) mass is 1140 g/mol. The van der Waals surface area contributed by atoms with Crippen molar-refractivity contribution in [1.29, 1.82) is 5.26 Å². The highest BCUT2D eigenvalue weighted by Gasteiger charge is 2.60. The summed E-state index contributed by atoms with van der Waals surface area (Å²) < 4.78 is 72.9. The normalized spacial score (nSPS) is 20.6. The van der Waals surface area contributed by atoms with E-state index in [1.807, 2.05) is 48.5 Å². The van der Waals surface area contributed by atoms with Crippen LogP contribution in [-0.2, 0) is 45.8 Å². The van der Waals surface area contributed by atoms with Crippen LogP contribution in [0, 0.1) is 11.3 Å². The topological polar surface area (TPSA) is 126 Å². The zero-order valence-corrected chi connectivity index (χ0v) is 50.8. The second-order valence-corrected chi connectivity index (χ2v) is 26.9. The third kappa shape index (κ3) is 9.25. The first-order chi connectivity index (χ1) is 38.1. The van der Waals surface area contributed by atoms with Crippen molar-refractivity contribution in [1.82, 2.24) is 8.98 Å². The SMILES string of the molecule is COc1ccc(C(OCCN2c3cc4c(cc3C(C)(C)C2C)[C@@]2(c3cc5c(cc3O4)N(CCOP(OCCC#N)N(C(C)C)C(C)C)C(C)C5(C)C)c3ccc(Cl)cc3S(=O)(=O)N2C)(c2ccccc2)c2ccc(OC)cc2)cc1. The predicted molar refractivity (Wildman–Crippen MR) is 318 cm³/mol. The van der Waals surface area contributed by atoms with Crippen molar-refractivity contribution in [3.05, 3.63) is 171 Å². The number of hydrogen-bond acceptors (Lipinski definition) is 12. The van der Waals surface area contributed by atoms with Gasteiger partial charge in [0.1, 0.15) is 34.1 Å². The second-order valence-electron chi connectivity index (χ2n) is 23.1. The van der Waals surface area contributed by atoms with Gasteiger partial charge in [-0.3, -0.25) is 0 Å². The highest BCUT2D eigenvalue weighted by molar-refractivity contribution is 7.89. The Morgan fingerprint density at radius 2 is 1.16 bits per heavy atom. The van der Waals surface area contributed by atoms with Gasteiger partial charge < -0.3 is 37.8 Å². The molecule has 4 aliphatic heterocycles. The fourth-order valence-electron chi connectivity index (χ4n) is 13.0. The van der Waals surface area contributed by atoms with Crippen molar-refractivity contribution >= 4 is 41.5 Å². The molecule has 1 spiro atoms. The molecule has 0 radical (unpaired) electrons. The molecule has 0 amide bonds. The van der Waals surface area contributed by atoms with Gasteiger partial charge in [-0.15, -0.1) is 0 Å². The van der Waals surface area contributed by atoms with Crippen LogP contribution in [-0.4, -0.2) is 95.7 Å². The van der Waals surface area contributed by atoms with Gasteiger partial charge in [0, 0.05) is 100 Å². The third-order valence-corrected chi connectivity index (χ3v) is 21.9. The minimum atomic E-state index is -4.09. The van der Waals surface area contributed by atoms with Crippen molar-refractivity contribution in [3.63, 3.8) is 0 Å². The maximum absolute atomic E-state index is 15.1. The van der Waals surface area contributed by atoms with E-state index in [0.717, 1.165) is 61.8 Å². The van der Waals surface area contributed by atoms with Gasteiger partial charge >= 0.3 is 0 Å². The molecule has 0 aliphatic carbocycles. The molecule has 6 aromatic rings. The molecule has 6 aromatic carbocycles. The average molecular weight is 1140 g/mol. The lowest BCUT2D eigenvalue weighted by molar-refractivity contribution is 0.0165. The van der Waals surface area contributed by atoms with Gasteiger partial charge in [-0.1, -0.05) is 100.0 Å².